The van der Waals surface area contributed by atoms with Gasteiger partial charge in [0.25, 0.3) is 0 Å². The van der Waals surface area contributed by atoms with Crippen molar-refractivity contribution in [3.05, 3.63) is 65.5 Å². The van der Waals surface area contributed by atoms with E-state index in [1.807, 2.05) is 35.2 Å². The smallest absolute Gasteiger partial charge is 0.226 e. The van der Waals surface area contributed by atoms with Crippen LogP contribution in [0.4, 0.5) is 4.39 Å². The van der Waals surface area contributed by atoms with Crippen molar-refractivity contribution in [2.45, 2.75) is 64.2 Å². The summed E-state index contributed by atoms with van der Waals surface area (Å²) in [7, 11) is 0. The fraction of sp³-hybridized carbons (Fsp3) is 0.500. The van der Waals surface area contributed by atoms with E-state index in [-0.39, 0.29) is 23.7 Å². The van der Waals surface area contributed by atoms with Crippen molar-refractivity contribution in [1.82, 2.24) is 4.90 Å². The maximum absolute atomic E-state index is 13.3. The van der Waals surface area contributed by atoms with Gasteiger partial charge in [-0.15, -0.1) is 0 Å². The third-order valence-electron chi connectivity index (χ3n) is 6.31. The second-order valence-corrected chi connectivity index (χ2v) is 8.75. The van der Waals surface area contributed by atoms with E-state index in [1.54, 1.807) is 6.07 Å². The average molecular weight is 426 g/mol. The monoisotopic (exact) mass is 425 g/mol. The van der Waals surface area contributed by atoms with Gasteiger partial charge in [0.1, 0.15) is 18.2 Å². The third kappa shape index (κ3) is 6.30. The summed E-state index contributed by atoms with van der Waals surface area (Å²) in [4.78, 5) is 15.3. The molecule has 4 rings (SSSR count). The first-order valence-electron chi connectivity index (χ1n) is 11.5. The lowest BCUT2D eigenvalue weighted by molar-refractivity contribution is -0.138. The second-order valence-electron chi connectivity index (χ2n) is 8.75. The Hall–Kier alpha value is -2.40. The van der Waals surface area contributed by atoms with Crippen LogP contribution in [0.5, 0.6) is 5.75 Å². The topological polar surface area (TPSA) is 38.8 Å². The van der Waals surface area contributed by atoms with Gasteiger partial charge in [-0.1, -0.05) is 43.5 Å². The molecule has 1 atom stereocenters. The number of halogens is 1. The minimum absolute atomic E-state index is 0.154. The number of carbonyl (C=O) groups is 1. The number of nitrogens with zero attached hydrogens (tertiary/aromatic N) is 1. The zero-order chi connectivity index (χ0) is 21.5. The lowest BCUT2D eigenvalue weighted by Crippen LogP contribution is -2.41. The summed E-state index contributed by atoms with van der Waals surface area (Å²) in [6.45, 7) is 2.39. The average Bonchev–Trinajstić information content (AvgIpc) is 3.31. The van der Waals surface area contributed by atoms with Crippen molar-refractivity contribution in [1.29, 1.82) is 0 Å². The molecule has 0 aromatic heterocycles. The van der Waals surface area contributed by atoms with E-state index in [9.17, 15) is 9.18 Å². The van der Waals surface area contributed by atoms with Crippen LogP contribution in [-0.4, -0.2) is 30.1 Å². The molecule has 0 N–H and O–H groups in total. The molecule has 0 spiro atoms. The number of carbonyl (C=O) groups excluding carboxylic acids is 1. The fourth-order valence-corrected chi connectivity index (χ4v) is 4.58. The Kier molecular flexibility index (Phi) is 7.57. The predicted octanol–water partition coefficient (Wildman–Crippen LogP) is 5.49. The van der Waals surface area contributed by atoms with Crippen LogP contribution >= 0.6 is 0 Å². The zero-order valence-electron chi connectivity index (χ0n) is 18.1. The summed E-state index contributed by atoms with van der Waals surface area (Å²) in [6.07, 6.45) is 7.83. The van der Waals surface area contributed by atoms with Crippen LogP contribution < -0.4 is 4.74 Å². The van der Waals surface area contributed by atoms with Crippen LogP contribution in [0, 0.1) is 11.7 Å². The molecule has 1 saturated carbocycles. The van der Waals surface area contributed by atoms with Crippen LogP contribution in [0.25, 0.3) is 0 Å². The quantitative estimate of drug-likeness (QED) is 0.561. The highest BCUT2D eigenvalue weighted by Gasteiger charge is 2.29. The molecule has 31 heavy (non-hydrogen) atoms. The van der Waals surface area contributed by atoms with Crippen LogP contribution in [0.1, 0.15) is 56.1 Å². The Bertz CT molecular complexity index is 842. The van der Waals surface area contributed by atoms with E-state index in [2.05, 4.69) is 0 Å². The summed E-state index contributed by atoms with van der Waals surface area (Å²) in [5, 5.41) is 0. The SMILES string of the molecule is O=C(C1CCCCC1)N(Cc1ccc(OCc2cccc(F)c2)cc1)C[C@H]1CCCO1. The molecule has 0 radical (unpaired) electrons. The molecular formula is C26H32FNO3. The molecule has 1 aliphatic carbocycles. The number of amides is 1. The highest BCUT2D eigenvalue weighted by molar-refractivity contribution is 5.79. The van der Waals surface area contributed by atoms with Gasteiger partial charge in [0.05, 0.1) is 6.10 Å². The molecule has 1 amide bonds. The van der Waals surface area contributed by atoms with E-state index >= 15 is 0 Å². The Morgan fingerprint density at radius 1 is 1.00 bits per heavy atom. The van der Waals surface area contributed by atoms with Crippen molar-refractivity contribution >= 4 is 5.91 Å². The van der Waals surface area contributed by atoms with Gasteiger partial charge in [0, 0.05) is 25.6 Å². The van der Waals surface area contributed by atoms with Crippen molar-refractivity contribution in [3.63, 3.8) is 0 Å². The van der Waals surface area contributed by atoms with E-state index in [4.69, 9.17) is 9.47 Å². The number of hydrogen-bond acceptors (Lipinski definition) is 3. The lowest BCUT2D eigenvalue weighted by atomic mass is 9.88. The van der Waals surface area contributed by atoms with E-state index in [0.717, 1.165) is 62.0 Å². The Balaban J connectivity index is 1.37. The highest BCUT2D eigenvalue weighted by Crippen LogP contribution is 2.27. The zero-order valence-corrected chi connectivity index (χ0v) is 18.1. The molecule has 1 heterocycles. The van der Waals surface area contributed by atoms with Gasteiger partial charge in [0.2, 0.25) is 5.91 Å². The fourth-order valence-electron chi connectivity index (χ4n) is 4.58. The lowest BCUT2D eigenvalue weighted by Gasteiger charge is -2.31. The molecule has 0 bridgehead atoms. The molecule has 1 aliphatic heterocycles. The predicted molar refractivity (Wildman–Crippen MR) is 118 cm³/mol. The first-order valence-corrected chi connectivity index (χ1v) is 11.5. The summed E-state index contributed by atoms with van der Waals surface area (Å²) < 4.78 is 24.9. The van der Waals surface area contributed by atoms with Gasteiger partial charge in [-0.3, -0.25) is 4.79 Å². The largest absolute Gasteiger partial charge is 0.489 e. The minimum atomic E-state index is -0.259. The first kappa shape index (κ1) is 21.8. The second kappa shape index (κ2) is 10.8. The number of rotatable bonds is 8. The van der Waals surface area contributed by atoms with Gasteiger partial charge >= 0.3 is 0 Å². The van der Waals surface area contributed by atoms with Crippen molar-refractivity contribution in [2.75, 3.05) is 13.2 Å². The third-order valence-corrected chi connectivity index (χ3v) is 6.31. The van der Waals surface area contributed by atoms with Gasteiger partial charge in [0.15, 0.2) is 0 Å². The van der Waals surface area contributed by atoms with E-state index in [1.165, 1.54) is 18.6 Å². The van der Waals surface area contributed by atoms with Gasteiger partial charge in [-0.05, 0) is 61.1 Å². The molecule has 166 valence electrons. The summed E-state index contributed by atoms with van der Waals surface area (Å²) in [5.41, 5.74) is 1.88. The maximum atomic E-state index is 13.3. The Labute approximate surface area is 184 Å². The van der Waals surface area contributed by atoms with Crippen LogP contribution in [0.2, 0.25) is 0 Å². The van der Waals surface area contributed by atoms with Crippen molar-refractivity contribution in [3.8, 4) is 5.75 Å². The Morgan fingerprint density at radius 3 is 2.52 bits per heavy atom. The summed E-state index contributed by atoms with van der Waals surface area (Å²) in [6, 6.07) is 14.3. The molecule has 2 aromatic carbocycles. The standard InChI is InChI=1S/C26H32FNO3/c27-23-9-4-6-21(16-23)19-31-24-13-11-20(12-14-24)17-28(18-25-10-5-15-30-25)26(29)22-7-2-1-3-8-22/h4,6,9,11-14,16,22,25H,1-3,5,7-8,10,15,17-19H2/t25-/m1/s1. The summed E-state index contributed by atoms with van der Waals surface area (Å²) in [5.74, 6) is 0.911. The molecule has 2 aliphatic rings. The van der Waals surface area contributed by atoms with E-state index in [0.29, 0.717) is 19.7 Å². The first-order chi connectivity index (χ1) is 15.2. The van der Waals surface area contributed by atoms with Crippen LogP contribution in [0.15, 0.2) is 48.5 Å². The van der Waals surface area contributed by atoms with Gasteiger partial charge in [-0.2, -0.15) is 0 Å². The molecule has 2 aromatic rings. The number of hydrogen-bond donors (Lipinski definition) is 0. The Morgan fingerprint density at radius 2 is 1.81 bits per heavy atom. The highest BCUT2D eigenvalue weighted by atomic mass is 19.1. The van der Waals surface area contributed by atoms with E-state index < -0.39 is 0 Å². The molecular weight excluding hydrogens is 393 g/mol. The van der Waals surface area contributed by atoms with Crippen molar-refractivity contribution in [2.24, 2.45) is 5.92 Å². The molecule has 5 heteroatoms. The van der Waals surface area contributed by atoms with Crippen LogP contribution in [-0.2, 0) is 22.7 Å². The van der Waals surface area contributed by atoms with Crippen molar-refractivity contribution < 1.29 is 18.7 Å². The normalized spacial score (nSPS) is 19.3. The maximum Gasteiger partial charge on any atom is 0.226 e. The van der Waals surface area contributed by atoms with Crippen LogP contribution in [0.3, 0.4) is 0 Å². The van der Waals surface area contributed by atoms with Gasteiger partial charge < -0.3 is 14.4 Å². The molecule has 2 fully saturated rings. The molecule has 1 saturated heterocycles. The minimum Gasteiger partial charge on any atom is -0.489 e. The number of benzene rings is 2. The number of ether oxygens (including phenoxy) is 2. The van der Waals surface area contributed by atoms with Gasteiger partial charge in [-0.25, -0.2) is 4.39 Å². The molecule has 0 unspecified atom stereocenters. The summed E-state index contributed by atoms with van der Waals surface area (Å²) >= 11 is 0. The molecule has 4 nitrogen and oxygen atoms in total.